The molecule has 7 heteroatoms. The second-order valence-corrected chi connectivity index (χ2v) is 5.03. The van der Waals surface area contributed by atoms with Crippen molar-refractivity contribution in [1.29, 1.82) is 0 Å². The number of hydrogen-bond donors (Lipinski definition) is 1. The number of thiazole rings is 1. The fraction of sp³-hybridized carbons (Fsp3) is 0.667. The van der Waals surface area contributed by atoms with E-state index in [0.717, 1.165) is 19.5 Å². The van der Waals surface area contributed by atoms with Crippen LogP contribution in [0.2, 0.25) is 0 Å². The summed E-state index contributed by atoms with van der Waals surface area (Å²) in [6.07, 6.45) is -2.12. The van der Waals surface area contributed by atoms with Crippen LogP contribution >= 0.6 is 11.3 Å². The molecule has 1 saturated heterocycles. The maximum absolute atomic E-state index is 12.3. The van der Waals surface area contributed by atoms with Gasteiger partial charge in [-0.3, -0.25) is 4.90 Å². The second-order valence-electron chi connectivity index (χ2n) is 3.91. The number of nitrogens with two attached hydrogens (primary N) is 1. The third-order valence-corrected chi connectivity index (χ3v) is 3.51. The first kappa shape index (κ1) is 11.8. The van der Waals surface area contributed by atoms with Crippen LogP contribution in [0.4, 0.5) is 13.2 Å². The fourth-order valence-electron chi connectivity index (χ4n) is 1.74. The lowest BCUT2D eigenvalue weighted by Gasteiger charge is -2.12. The highest BCUT2D eigenvalue weighted by atomic mass is 32.1. The first-order valence-electron chi connectivity index (χ1n) is 4.95. The zero-order valence-electron chi connectivity index (χ0n) is 8.50. The van der Waals surface area contributed by atoms with E-state index in [0.29, 0.717) is 22.8 Å². The van der Waals surface area contributed by atoms with Crippen LogP contribution in [0.3, 0.4) is 0 Å². The van der Waals surface area contributed by atoms with Gasteiger partial charge in [-0.15, -0.1) is 11.3 Å². The van der Waals surface area contributed by atoms with Gasteiger partial charge in [0.05, 0.1) is 0 Å². The highest BCUT2D eigenvalue weighted by Crippen LogP contribution is 2.32. The predicted octanol–water partition coefficient (Wildman–Crippen LogP) is 1.69. The Morgan fingerprint density at radius 2 is 2.31 bits per heavy atom. The van der Waals surface area contributed by atoms with E-state index < -0.39 is 11.2 Å². The molecule has 0 bridgehead atoms. The van der Waals surface area contributed by atoms with Crippen molar-refractivity contribution in [3.05, 3.63) is 16.1 Å². The molecule has 1 aliphatic heterocycles. The maximum atomic E-state index is 12.3. The predicted molar refractivity (Wildman–Crippen MR) is 55.0 cm³/mol. The Morgan fingerprint density at radius 3 is 2.81 bits per heavy atom. The number of rotatable bonds is 2. The quantitative estimate of drug-likeness (QED) is 0.869. The number of nitrogens with zero attached hydrogens (tertiary/aromatic N) is 2. The average Bonchev–Trinajstić information content (AvgIpc) is 2.74. The molecule has 1 aliphatic rings. The first-order valence-corrected chi connectivity index (χ1v) is 5.76. The van der Waals surface area contributed by atoms with Crippen molar-refractivity contribution in [3.8, 4) is 0 Å². The molecule has 1 aromatic rings. The topological polar surface area (TPSA) is 42.1 Å². The summed E-state index contributed by atoms with van der Waals surface area (Å²) in [5, 5.41) is -0.772. The second kappa shape index (κ2) is 4.31. The number of hydrogen-bond acceptors (Lipinski definition) is 4. The summed E-state index contributed by atoms with van der Waals surface area (Å²) in [5.41, 5.74) is 5.72. The van der Waals surface area contributed by atoms with Crippen LogP contribution < -0.4 is 5.73 Å². The zero-order valence-corrected chi connectivity index (χ0v) is 9.31. The minimum Gasteiger partial charge on any atom is -0.326 e. The molecular formula is C9H12F3N3S. The van der Waals surface area contributed by atoms with Gasteiger partial charge in [-0.1, -0.05) is 0 Å². The Balaban J connectivity index is 1.98. The van der Waals surface area contributed by atoms with E-state index in [2.05, 4.69) is 9.88 Å². The summed E-state index contributed by atoms with van der Waals surface area (Å²) in [5.74, 6) is 0. The molecule has 0 radical (unpaired) electrons. The Kier molecular flexibility index (Phi) is 3.18. The first-order chi connectivity index (χ1) is 7.45. The molecule has 3 nitrogen and oxygen atoms in total. The van der Waals surface area contributed by atoms with Gasteiger partial charge in [0, 0.05) is 36.8 Å². The smallest absolute Gasteiger partial charge is 0.326 e. The van der Waals surface area contributed by atoms with E-state index in [9.17, 15) is 13.2 Å². The van der Waals surface area contributed by atoms with Crippen molar-refractivity contribution in [1.82, 2.24) is 9.88 Å². The Morgan fingerprint density at radius 1 is 1.56 bits per heavy atom. The molecule has 1 aromatic heterocycles. The van der Waals surface area contributed by atoms with Gasteiger partial charge in [-0.05, 0) is 6.42 Å². The van der Waals surface area contributed by atoms with E-state index in [1.807, 2.05) is 0 Å². The summed E-state index contributed by atoms with van der Waals surface area (Å²) in [7, 11) is 0. The summed E-state index contributed by atoms with van der Waals surface area (Å²) < 4.78 is 36.9. The van der Waals surface area contributed by atoms with Crippen molar-refractivity contribution >= 4 is 11.3 Å². The van der Waals surface area contributed by atoms with Crippen LogP contribution in [0.1, 0.15) is 16.3 Å². The molecule has 16 heavy (non-hydrogen) atoms. The number of aromatic nitrogens is 1. The molecule has 0 spiro atoms. The average molecular weight is 251 g/mol. The lowest BCUT2D eigenvalue weighted by Crippen LogP contribution is -2.25. The summed E-state index contributed by atoms with van der Waals surface area (Å²) in [6.45, 7) is 2.11. The molecule has 2 rings (SSSR count). The van der Waals surface area contributed by atoms with Crippen LogP contribution in [0.15, 0.2) is 6.20 Å². The van der Waals surface area contributed by atoms with E-state index in [-0.39, 0.29) is 6.04 Å². The third kappa shape index (κ3) is 2.72. The molecule has 1 fully saturated rings. The van der Waals surface area contributed by atoms with Crippen LogP contribution in [0.5, 0.6) is 0 Å². The number of likely N-dealkylation sites (tertiary alicyclic amines) is 1. The highest BCUT2D eigenvalue weighted by molar-refractivity contribution is 7.11. The number of halogens is 3. The van der Waals surface area contributed by atoms with Crippen LogP contribution in [0.25, 0.3) is 0 Å². The molecule has 0 amide bonds. The minimum absolute atomic E-state index is 0.148. The molecule has 1 atom stereocenters. The van der Waals surface area contributed by atoms with Crippen molar-refractivity contribution < 1.29 is 13.2 Å². The van der Waals surface area contributed by atoms with Gasteiger partial charge in [0.1, 0.15) is 0 Å². The molecule has 90 valence electrons. The van der Waals surface area contributed by atoms with Crippen molar-refractivity contribution in [2.24, 2.45) is 5.73 Å². The largest absolute Gasteiger partial charge is 0.443 e. The molecule has 0 saturated carbocycles. The highest BCUT2D eigenvalue weighted by Gasteiger charge is 2.34. The Hall–Kier alpha value is -0.660. The monoisotopic (exact) mass is 251 g/mol. The molecular weight excluding hydrogens is 239 g/mol. The summed E-state index contributed by atoms with van der Waals surface area (Å²) in [4.78, 5) is 6.08. The van der Waals surface area contributed by atoms with Crippen molar-refractivity contribution in [2.75, 3.05) is 13.1 Å². The molecule has 2 N–H and O–H groups in total. The number of alkyl halides is 3. The molecule has 0 aliphatic carbocycles. The van der Waals surface area contributed by atoms with Gasteiger partial charge < -0.3 is 5.73 Å². The van der Waals surface area contributed by atoms with Gasteiger partial charge >= 0.3 is 6.18 Å². The molecule has 2 heterocycles. The summed E-state index contributed by atoms with van der Waals surface area (Å²) >= 11 is 0.709. The van der Waals surface area contributed by atoms with Gasteiger partial charge in [0.25, 0.3) is 0 Å². The van der Waals surface area contributed by atoms with Gasteiger partial charge in [-0.25, -0.2) is 4.98 Å². The normalized spacial score (nSPS) is 22.9. The van der Waals surface area contributed by atoms with E-state index in [4.69, 9.17) is 5.73 Å². The Bertz CT molecular complexity index is 363. The molecule has 0 unspecified atom stereocenters. The SMILES string of the molecule is N[C@@H]1CCN(Cc2cnc(C(F)(F)F)s2)C1. The van der Waals surface area contributed by atoms with Gasteiger partial charge in [0.15, 0.2) is 5.01 Å². The van der Waals surface area contributed by atoms with Crippen molar-refractivity contribution in [3.63, 3.8) is 0 Å². The maximum Gasteiger partial charge on any atom is 0.443 e. The molecule has 0 aromatic carbocycles. The minimum atomic E-state index is -4.33. The van der Waals surface area contributed by atoms with E-state index >= 15 is 0 Å². The van der Waals surface area contributed by atoms with Crippen LogP contribution in [-0.4, -0.2) is 29.0 Å². The van der Waals surface area contributed by atoms with E-state index in [1.54, 1.807) is 0 Å². The Labute approximate surface area is 95.1 Å². The third-order valence-electron chi connectivity index (χ3n) is 2.48. The zero-order chi connectivity index (χ0) is 11.8. The summed E-state index contributed by atoms with van der Waals surface area (Å²) in [6, 6.07) is 0.148. The van der Waals surface area contributed by atoms with Gasteiger partial charge in [0.2, 0.25) is 0 Å². The fourth-order valence-corrected chi connectivity index (χ4v) is 2.56. The van der Waals surface area contributed by atoms with Crippen LogP contribution in [-0.2, 0) is 12.7 Å². The standard InChI is InChI=1S/C9H12F3N3S/c10-9(11,12)8-14-3-7(16-8)5-15-2-1-6(13)4-15/h3,6H,1-2,4-5,13H2/t6-/m1/s1. The lowest BCUT2D eigenvalue weighted by molar-refractivity contribution is -0.137. The van der Waals surface area contributed by atoms with Crippen molar-refractivity contribution in [2.45, 2.75) is 25.2 Å². The van der Waals surface area contributed by atoms with E-state index in [1.165, 1.54) is 6.20 Å². The van der Waals surface area contributed by atoms with Crippen LogP contribution in [0, 0.1) is 0 Å². The van der Waals surface area contributed by atoms with Gasteiger partial charge in [-0.2, -0.15) is 13.2 Å². The lowest BCUT2D eigenvalue weighted by atomic mass is 10.3.